The van der Waals surface area contributed by atoms with Gasteiger partial charge >= 0.3 is 0 Å². The first-order chi connectivity index (χ1) is 16.6. The summed E-state index contributed by atoms with van der Waals surface area (Å²) in [7, 11) is 1.64. The number of hydrogen-bond donors (Lipinski definition) is 2. The second-order valence-electron chi connectivity index (χ2n) is 7.55. The molecular formula is C25H22N6OS2. The molecule has 2 N–H and O–H groups in total. The van der Waals surface area contributed by atoms with E-state index in [-0.39, 0.29) is 0 Å². The minimum absolute atomic E-state index is 0.668. The van der Waals surface area contributed by atoms with E-state index in [4.69, 9.17) is 4.74 Å². The van der Waals surface area contributed by atoms with Crippen molar-refractivity contribution < 1.29 is 4.74 Å². The lowest BCUT2D eigenvalue weighted by atomic mass is 10.1. The number of nitrogens with one attached hydrogen (secondary N) is 2. The van der Waals surface area contributed by atoms with Crippen molar-refractivity contribution in [2.45, 2.75) is 23.6 Å². The van der Waals surface area contributed by atoms with Gasteiger partial charge in [0.15, 0.2) is 5.00 Å². The van der Waals surface area contributed by atoms with Crippen molar-refractivity contribution in [2.75, 3.05) is 17.9 Å². The van der Waals surface area contributed by atoms with Gasteiger partial charge in [-0.25, -0.2) is 4.98 Å². The van der Waals surface area contributed by atoms with E-state index in [2.05, 4.69) is 67.5 Å². The van der Waals surface area contributed by atoms with Gasteiger partial charge in [-0.1, -0.05) is 41.3 Å². The summed E-state index contributed by atoms with van der Waals surface area (Å²) in [4.78, 5) is 6.95. The van der Waals surface area contributed by atoms with Crippen molar-refractivity contribution in [1.29, 1.82) is 0 Å². The van der Waals surface area contributed by atoms with Crippen molar-refractivity contribution >= 4 is 56.0 Å². The van der Waals surface area contributed by atoms with Crippen LogP contribution in [0.15, 0.2) is 91.9 Å². The van der Waals surface area contributed by atoms with Crippen molar-refractivity contribution in [3.8, 4) is 5.75 Å². The molecule has 0 amide bonds. The Morgan fingerprint density at radius 3 is 2.59 bits per heavy atom. The van der Waals surface area contributed by atoms with Crippen LogP contribution in [0.5, 0.6) is 5.75 Å². The Morgan fingerprint density at radius 1 is 0.971 bits per heavy atom. The molecule has 1 aromatic heterocycles. The maximum Gasteiger partial charge on any atom is 0.205 e. The van der Waals surface area contributed by atoms with E-state index in [1.54, 1.807) is 18.9 Å². The van der Waals surface area contributed by atoms with Gasteiger partial charge < -0.3 is 10.1 Å². The third-order valence-electron chi connectivity index (χ3n) is 5.19. The minimum atomic E-state index is 0.668. The van der Waals surface area contributed by atoms with Crippen LogP contribution in [0.4, 0.5) is 27.2 Å². The predicted molar refractivity (Wildman–Crippen MR) is 140 cm³/mol. The van der Waals surface area contributed by atoms with Crippen molar-refractivity contribution in [3.05, 3.63) is 78.0 Å². The first-order valence-electron chi connectivity index (χ1n) is 10.6. The minimum Gasteiger partial charge on any atom is -0.497 e. The summed E-state index contributed by atoms with van der Waals surface area (Å²) < 4.78 is 5.17. The van der Waals surface area contributed by atoms with Gasteiger partial charge in [0.05, 0.1) is 35.6 Å². The maximum atomic E-state index is 5.17. The number of anilines is 3. The summed E-state index contributed by atoms with van der Waals surface area (Å²) in [5.74, 6) is 0.783. The molecule has 9 heteroatoms. The van der Waals surface area contributed by atoms with Gasteiger partial charge in [-0.15, -0.1) is 10.2 Å². The first kappa shape index (κ1) is 22.1. The average Bonchev–Trinajstić information content (AvgIpc) is 3.23. The van der Waals surface area contributed by atoms with Crippen LogP contribution in [-0.2, 0) is 0 Å². The van der Waals surface area contributed by atoms with Gasteiger partial charge in [0.2, 0.25) is 5.13 Å². The predicted octanol–water partition coefficient (Wildman–Crippen LogP) is 7.92. The van der Waals surface area contributed by atoms with Gasteiger partial charge in [0, 0.05) is 9.79 Å². The largest absolute Gasteiger partial charge is 0.497 e. The number of aryl methyl sites for hydroxylation is 1. The number of para-hydroxylation sites is 1. The molecule has 7 nitrogen and oxygen atoms in total. The van der Waals surface area contributed by atoms with E-state index in [0.717, 1.165) is 44.8 Å². The van der Waals surface area contributed by atoms with Crippen LogP contribution in [0.25, 0.3) is 0 Å². The quantitative estimate of drug-likeness (QED) is 0.145. The zero-order chi connectivity index (χ0) is 23.5. The summed E-state index contributed by atoms with van der Waals surface area (Å²) >= 11 is 3.18. The fourth-order valence-corrected chi connectivity index (χ4v) is 5.04. The van der Waals surface area contributed by atoms with E-state index in [1.165, 1.54) is 21.1 Å². The lowest BCUT2D eigenvalue weighted by Gasteiger charge is -2.21. The standard InChI is InChI=1S/C25H22N6OS2/c1-15(17-8-13-23-21(14-17)27-20-6-4-5-7-22(20)33-23)28-31-25-26-16(2)24(34-25)30-29-18-9-11-19(32-3)12-10-18/h4-14,27H,1-3H3,(H,26,31). The SMILES string of the molecule is COc1ccc(N=Nc2sc(NN=C(C)c3ccc4c(c3)Nc3ccccc3S4)nc2C)cc1. The summed E-state index contributed by atoms with van der Waals surface area (Å²) in [5.41, 5.74) is 8.72. The molecule has 4 aromatic rings. The van der Waals surface area contributed by atoms with Crippen LogP contribution in [-0.4, -0.2) is 17.8 Å². The molecule has 170 valence electrons. The van der Waals surface area contributed by atoms with Crippen LogP contribution >= 0.6 is 23.1 Å². The molecule has 5 rings (SSSR count). The van der Waals surface area contributed by atoms with E-state index < -0.39 is 0 Å². The zero-order valence-electron chi connectivity index (χ0n) is 18.9. The summed E-state index contributed by atoms with van der Waals surface area (Å²) in [6, 6.07) is 22.1. The molecule has 3 aromatic carbocycles. The topological polar surface area (TPSA) is 83.3 Å². The number of fused-ring (bicyclic) bond motifs is 2. The Hall–Kier alpha value is -3.69. The molecule has 34 heavy (non-hydrogen) atoms. The Balaban J connectivity index is 1.28. The van der Waals surface area contributed by atoms with Crippen LogP contribution < -0.4 is 15.5 Å². The number of azo groups is 1. The average molecular weight is 487 g/mol. The summed E-state index contributed by atoms with van der Waals surface area (Å²) in [5, 5.41) is 18.1. The fraction of sp³-hybridized carbons (Fsp3) is 0.120. The highest BCUT2D eigenvalue weighted by atomic mass is 32.2. The van der Waals surface area contributed by atoms with E-state index in [9.17, 15) is 0 Å². The highest BCUT2D eigenvalue weighted by molar-refractivity contribution is 7.99. The Bertz CT molecular complexity index is 1400. The maximum absolute atomic E-state index is 5.17. The van der Waals surface area contributed by atoms with E-state index >= 15 is 0 Å². The van der Waals surface area contributed by atoms with Crippen molar-refractivity contribution in [1.82, 2.24) is 4.98 Å². The molecule has 0 spiro atoms. The molecule has 0 fully saturated rings. The van der Waals surface area contributed by atoms with Gasteiger partial charge in [0.25, 0.3) is 0 Å². The van der Waals surface area contributed by atoms with E-state index in [0.29, 0.717) is 5.13 Å². The van der Waals surface area contributed by atoms with Crippen LogP contribution in [0.1, 0.15) is 18.2 Å². The Morgan fingerprint density at radius 2 is 1.76 bits per heavy atom. The molecule has 1 aliphatic heterocycles. The first-order valence-corrected chi connectivity index (χ1v) is 12.2. The number of nitrogens with zero attached hydrogens (tertiary/aromatic N) is 4. The second kappa shape index (κ2) is 9.66. The van der Waals surface area contributed by atoms with Gasteiger partial charge in [-0.05, 0) is 67.9 Å². The third-order valence-corrected chi connectivity index (χ3v) is 7.29. The van der Waals surface area contributed by atoms with Gasteiger partial charge in [0.1, 0.15) is 5.75 Å². The molecule has 0 saturated heterocycles. The molecule has 0 bridgehead atoms. The van der Waals surface area contributed by atoms with Crippen LogP contribution in [0.3, 0.4) is 0 Å². The molecule has 2 heterocycles. The number of rotatable bonds is 6. The summed E-state index contributed by atoms with van der Waals surface area (Å²) in [6.07, 6.45) is 0. The molecule has 0 aliphatic carbocycles. The lowest BCUT2D eigenvalue weighted by molar-refractivity contribution is 0.415. The highest BCUT2D eigenvalue weighted by Gasteiger charge is 2.16. The van der Waals surface area contributed by atoms with Gasteiger partial charge in [-0.2, -0.15) is 5.10 Å². The normalized spacial score (nSPS) is 12.7. The molecule has 0 atom stereocenters. The van der Waals surface area contributed by atoms with Gasteiger partial charge in [-0.3, -0.25) is 5.43 Å². The second-order valence-corrected chi connectivity index (χ2v) is 9.61. The number of benzene rings is 3. The number of hydrogen-bond acceptors (Lipinski definition) is 9. The Labute approximate surface area is 206 Å². The highest BCUT2D eigenvalue weighted by Crippen LogP contribution is 2.44. The van der Waals surface area contributed by atoms with Crippen molar-refractivity contribution in [2.24, 2.45) is 15.3 Å². The van der Waals surface area contributed by atoms with Crippen molar-refractivity contribution in [3.63, 3.8) is 0 Å². The number of aromatic nitrogens is 1. The van der Waals surface area contributed by atoms with E-state index in [1.807, 2.05) is 44.2 Å². The number of thiazole rings is 1. The van der Waals surface area contributed by atoms with Crippen LogP contribution in [0.2, 0.25) is 0 Å². The number of methoxy groups -OCH3 is 1. The Kier molecular flexibility index (Phi) is 6.29. The molecule has 0 radical (unpaired) electrons. The number of ether oxygens (including phenoxy) is 1. The summed E-state index contributed by atoms with van der Waals surface area (Å²) in [6.45, 7) is 3.88. The molecule has 0 saturated carbocycles. The smallest absolute Gasteiger partial charge is 0.205 e. The molecular weight excluding hydrogens is 464 g/mol. The molecule has 0 unspecified atom stereocenters. The monoisotopic (exact) mass is 486 g/mol. The third kappa shape index (κ3) is 4.80. The number of hydrazone groups is 1. The molecule has 1 aliphatic rings. The fourth-order valence-electron chi connectivity index (χ4n) is 3.34. The zero-order valence-corrected chi connectivity index (χ0v) is 20.5. The lowest BCUT2D eigenvalue weighted by Crippen LogP contribution is -2.04. The van der Waals surface area contributed by atoms with Crippen LogP contribution in [0, 0.1) is 6.92 Å².